The normalized spacial score (nSPS) is 18.7. The molecule has 0 radical (unpaired) electrons. The minimum absolute atomic E-state index is 0.373. The maximum absolute atomic E-state index is 14.5. The summed E-state index contributed by atoms with van der Waals surface area (Å²) in [6.07, 6.45) is -2.87. The lowest BCUT2D eigenvalue weighted by atomic mass is 10.1. The van der Waals surface area contributed by atoms with Crippen molar-refractivity contribution in [3.63, 3.8) is 0 Å². The fourth-order valence-corrected chi connectivity index (χ4v) is 5.05. The maximum atomic E-state index is 14.5. The van der Waals surface area contributed by atoms with E-state index in [4.69, 9.17) is 19.4 Å². The molecule has 4 atom stereocenters. The second kappa shape index (κ2) is 9.81. The van der Waals surface area contributed by atoms with Crippen LogP contribution in [0.1, 0.15) is 27.0 Å². The van der Waals surface area contributed by atoms with Crippen molar-refractivity contribution in [2.45, 2.75) is 38.8 Å². The zero-order chi connectivity index (χ0) is 24.4. The molecule has 0 aromatic carbocycles. The SMILES string of the molecule is C[C@@H](COP(=O)(O)OP(=O)(O)OP(=O)(O)O)O[C@@H](n1cc(F)c(=O)[nH]c1=O)C(C)(C)F. The van der Waals surface area contributed by atoms with Gasteiger partial charge in [0.2, 0.25) is 5.82 Å². The van der Waals surface area contributed by atoms with Crippen molar-refractivity contribution >= 4 is 23.5 Å². The summed E-state index contributed by atoms with van der Waals surface area (Å²) in [6, 6.07) is 0. The number of halogens is 2. The number of rotatable bonds is 11. The van der Waals surface area contributed by atoms with Gasteiger partial charge < -0.3 is 24.3 Å². The molecule has 0 fully saturated rings. The summed E-state index contributed by atoms with van der Waals surface area (Å²) in [5, 5.41) is 0. The van der Waals surface area contributed by atoms with Crippen LogP contribution in [0.5, 0.6) is 0 Å². The molecule has 0 aliphatic rings. The molecule has 0 saturated carbocycles. The number of alkyl halides is 1. The Labute approximate surface area is 172 Å². The van der Waals surface area contributed by atoms with Gasteiger partial charge in [-0.2, -0.15) is 13.0 Å². The fourth-order valence-electron chi connectivity index (χ4n) is 1.95. The van der Waals surface area contributed by atoms with E-state index in [1.807, 2.05) is 0 Å². The van der Waals surface area contributed by atoms with Gasteiger partial charge in [-0.1, -0.05) is 0 Å². The van der Waals surface area contributed by atoms with E-state index >= 15 is 0 Å². The number of phosphoric acid groups is 3. The third-order valence-electron chi connectivity index (χ3n) is 3.01. The topological polar surface area (TPSA) is 224 Å². The Morgan fingerprint density at radius 2 is 1.68 bits per heavy atom. The largest absolute Gasteiger partial charge is 0.490 e. The standard InChI is InChI=1S/C11H19F2N2O13P3/c1-6(5-25-30(21,22)28-31(23,24)27-29(18,19)20)26-9(11(2,3)13)15-4-7(12)8(16)14-10(15)17/h4,6,9H,5H2,1-3H3,(H,21,22)(H,23,24)(H,14,16,17)(H2,18,19,20)/t6-,9+/m0/s1. The Bertz CT molecular complexity index is 1040. The summed E-state index contributed by atoms with van der Waals surface area (Å²) in [5.41, 5.74) is -4.97. The molecule has 1 rings (SSSR count). The number of ether oxygens (including phenoxy) is 1. The van der Waals surface area contributed by atoms with Crippen LogP contribution in [-0.2, 0) is 31.6 Å². The number of nitrogens with zero attached hydrogens (tertiary/aromatic N) is 1. The third-order valence-corrected chi connectivity index (χ3v) is 6.82. The van der Waals surface area contributed by atoms with Gasteiger partial charge in [0.15, 0.2) is 11.9 Å². The lowest BCUT2D eigenvalue weighted by Gasteiger charge is -2.31. The monoisotopic (exact) mass is 518 g/mol. The third kappa shape index (κ3) is 9.51. The summed E-state index contributed by atoms with van der Waals surface area (Å²) < 4.78 is 78.4. The minimum Gasteiger partial charge on any atom is -0.349 e. The molecule has 2 unspecified atom stereocenters. The number of aromatic nitrogens is 2. The Kier molecular flexibility index (Phi) is 8.84. The molecule has 15 nitrogen and oxygen atoms in total. The second-order valence-electron chi connectivity index (χ2n) is 6.39. The molecule has 0 aliphatic carbocycles. The van der Waals surface area contributed by atoms with Gasteiger partial charge in [0.25, 0.3) is 5.56 Å². The summed E-state index contributed by atoms with van der Waals surface area (Å²) >= 11 is 0. The summed E-state index contributed by atoms with van der Waals surface area (Å²) in [7, 11) is -16.8. The van der Waals surface area contributed by atoms with Gasteiger partial charge in [-0.05, 0) is 20.8 Å². The van der Waals surface area contributed by atoms with E-state index in [9.17, 15) is 37.0 Å². The van der Waals surface area contributed by atoms with E-state index in [1.165, 1.54) is 0 Å². The number of H-pyrrole nitrogens is 1. The van der Waals surface area contributed by atoms with Gasteiger partial charge in [-0.15, -0.1) is 0 Å². The molecule has 0 spiro atoms. The van der Waals surface area contributed by atoms with Gasteiger partial charge >= 0.3 is 29.2 Å². The molecule has 5 N–H and O–H groups in total. The molecule has 180 valence electrons. The Morgan fingerprint density at radius 1 is 1.13 bits per heavy atom. The van der Waals surface area contributed by atoms with Crippen molar-refractivity contribution in [2.24, 2.45) is 0 Å². The fraction of sp³-hybridized carbons (Fsp3) is 0.636. The highest BCUT2D eigenvalue weighted by atomic mass is 31.3. The van der Waals surface area contributed by atoms with E-state index in [1.54, 1.807) is 4.98 Å². The molecule has 0 aliphatic heterocycles. The summed E-state index contributed by atoms with van der Waals surface area (Å²) in [5.74, 6) is -1.43. The first kappa shape index (κ1) is 27.9. The van der Waals surface area contributed by atoms with Crippen LogP contribution in [-0.4, -0.2) is 47.5 Å². The average molecular weight is 518 g/mol. The molecule has 1 aromatic rings. The van der Waals surface area contributed by atoms with Crippen LogP contribution in [0.4, 0.5) is 8.78 Å². The second-order valence-corrected chi connectivity index (χ2v) is 10.8. The molecular weight excluding hydrogens is 499 g/mol. The van der Waals surface area contributed by atoms with Gasteiger partial charge in [0.05, 0.1) is 18.9 Å². The summed E-state index contributed by atoms with van der Waals surface area (Å²) in [4.78, 5) is 59.9. The van der Waals surface area contributed by atoms with Crippen molar-refractivity contribution in [1.82, 2.24) is 9.55 Å². The highest BCUT2D eigenvalue weighted by Gasteiger charge is 2.41. The van der Waals surface area contributed by atoms with Crippen LogP contribution in [0, 0.1) is 5.82 Å². The predicted octanol–water partition coefficient (Wildman–Crippen LogP) is 0.671. The Hall–Kier alpha value is -1.09. The first-order chi connectivity index (χ1) is 13.7. The number of phosphoric ester groups is 1. The zero-order valence-corrected chi connectivity index (χ0v) is 18.6. The van der Waals surface area contributed by atoms with E-state index in [0.29, 0.717) is 10.8 Å². The van der Waals surface area contributed by atoms with Crippen LogP contribution in [0.15, 0.2) is 15.8 Å². The van der Waals surface area contributed by atoms with Crippen LogP contribution in [0.25, 0.3) is 0 Å². The van der Waals surface area contributed by atoms with Crippen LogP contribution < -0.4 is 11.2 Å². The number of aromatic amines is 1. The Morgan fingerprint density at radius 3 is 2.16 bits per heavy atom. The van der Waals surface area contributed by atoms with Gasteiger partial charge in [0, 0.05) is 0 Å². The van der Waals surface area contributed by atoms with Crippen LogP contribution >= 0.6 is 23.5 Å². The molecule has 31 heavy (non-hydrogen) atoms. The predicted molar refractivity (Wildman–Crippen MR) is 95.9 cm³/mol. The highest BCUT2D eigenvalue weighted by molar-refractivity contribution is 7.66. The van der Waals surface area contributed by atoms with Gasteiger partial charge in [-0.25, -0.2) is 22.9 Å². The molecule has 1 aromatic heterocycles. The molecule has 0 bridgehead atoms. The van der Waals surface area contributed by atoms with Crippen molar-refractivity contribution in [3.8, 4) is 0 Å². The number of nitrogens with one attached hydrogen (secondary N) is 1. The van der Waals surface area contributed by atoms with Crippen molar-refractivity contribution in [2.75, 3.05) is 6.61 Å². The van der Waals surface area contributed by atoms with Crippen molar-refractivity contribution < 1.29 is 59.9 Å². The summed E-state index contributed by atoms with van der Waals surface area (Å²) in [6.45, 7) is 2.03. The zero-order valence-electron chi connectivity index (χ0n) is 15.9. The smallest absolute Gasteiger partial charge is 0.349 e. The molecule has 20 heteroatoms. The van der Waals surface area contributed by atoms with E-state index in [2.05, 4.69) is 13.1 Å². The van der Waals surface area contributed by atoms with E-state index in [0.717, 1.165) is 20.8 Å². The molecule has 1 heterocycles. The number of hydrogen-bond donors (Lipinski definition) is 5. The lowest BCUT2D eigenvalue weighted by molar-refractivity contribution is -0.132. The minimum atomic E-state index is -5.74. The van der Waals surface area contributed by atoms with Crippen molar-refractivity contribution in [1.29, 1.82) is 0 Å². The van der Waals surface area contributed by atoms with Crippen LogP contribution in [0.3, 0.4) is 0 Å². The first-order valence-electron chi connectivity index (χ1n) is 7.86. The van der Waals surface area contributed by atoms with Gasteiger partial charge in [0.1, 0.15) is 0 Å². The van der Waals surface area contributed by atoms with E-state index in [-0.39, 0.29) is 0 Å². The van der Waals surface area contributed by atoms with Gasteiger partial charge in [-0.3, -0.25) is 18.9 Å². The highest BCUT2D eigenvalue weighted by Crippen LogP contribution is 2.66. The molecule has 0 amide bonds. The Balaban J connectivity index is 2.94. The average Bonchev–Trinajstić information content (AvgIpc) is 2.50. The maximum Gasteiger partial charge on any atom is 0.490 e. The van der Waals surface area contributed by atoms with E-state index < -0.39 is 65.1 Å². The molecule has 0 saturated heterocycles. The van der Waals surface area contributed by atoms with Crippen molar-refractivity contribution in [3.05, 3.63) is 32.9 Å². The quantitative estimate of drug-likeness (QED) is 0.254. The molecular formula is C11H19F2N2O13P3. The van der Waals surface area contributed by atoms with Crippen LogP contribution in [0.2, 0.25) is 0 Å². The first-order valence-corrected chi connectivity index (χ1v) is 12.4. The lowest BCUT2D eigenvalue weighted by Crippen LogP contribution is -2.43. The number of hydrogen-bond acceptors (Lipinski definition) is 9.